The number of methoxy groups -OCH3 is 1. The van der Waals surface area contributed by atoms with Crippen LogP contribution in [0.3, 0.4) is 0 Å². The lowest BCUT2D eigenvalue weighted by Gasteiger charge is -2.13. The summed E-state index contributed by atoms with van der Waals surface area (Å²) < 4.78 is 11.5. The highest BCUT2D eigenvalue weighted by Crippen LogP contribution is 2.34. The Balaban J connectivity index is 2.12. The summed E-state index contributed by atoms with van der Waals surface area (Å²) in [6.45, 7) is 3.98. The van der Waals surface area contributed by atoms with E-state index in [-0.39, 0.29) is 0 Å². The summed E-state index contributed by atoms with van der Waals surface area (Å²) in [7, 11) is 1.66. The van der Waals surface area contributed by atoms with Crippen LogP contribution in [0.5, 0.6) is 17.2 Å². The summed E-state index contributed by atoms with van der Waals surface area (Å²) in [6.07, 6.45) is 1.74. The molecular weight excluding hydrogens is 276 g/mol. The molecule has 0 atom stereocenters. The van der Waals surface area contributed by atoms with Crippen molar-refractivity contribution in [2.45, 2.75) is 13.8 Å². The predicted molar refractivity (Wildman–Crippen MR) is 88.7 cm³/mol. The molecule has 4 heteroatoms. The quantitative estimate of drug-likeness (QED) is 0.734. The summed E-state index contributed by atoms with van der Waals surface area (Å²) in [5.74, 6) is 2.29. The number of pyridine rings is 1. The number of nitrogen functional groups attached to an aromatic ring is 1. The second-order valence-corrected chi connectivity index (χ2v) is 5.28. The molecule has 2 aromatic carbocycles. The number of hydrogen-bond donors (Lipinski definition) is 1. The Labute approximate surface area is 129 Å². The van der Waals surface area contributed by atoms with E-state index in [1.165, 1.54) is 0 Å². The van der Waals surface area contributed by atoms with Crippen molar-refractivity contribution < 1.29 is 9.47 Å². The van der Waals surface area contributed by atoms with Crippen molar-refractivity contribution in [2.24, 2.45) is 0 Å². The molecule has 0 amide bonds. The summed E-state index contributed by atoms with van der Waals surface area (Å²) >= 11 is 0. The van der Waals surface area contributed by atoms with Gasteiger partial charge in [0, 0.05) is 23.3 Å². The van der Waals surface area contributed by atoms with Crippen LogP contribution < -0.4 is 15.2 Å². The monoisotopic (exact) mass is 294 g/mol. The molecule has 0 unspecified atom stereocenters. The summed E-state index contributed by atoms with van der Waals surface area (Å²) in [5, 5.41) is 0.909. The minimum atomic E-state index is 0.674. The van der Waals surface area contributed by atoms with Gasteiger partial charge in [-0.1, -0.05) is 6.07 Å². The zero-order chi connectivity index (χ0) is 15.7. The Morgan fingerprint density at radius 1 is 0.909 bits per heavy atom. The van der Waals surface area contributed by atoms with Crippen LogP contribution in [-0.2, 0) is 0 Å². The molecule has 3 aromatic rings. The molecule has 0 fully saturated rings. The highest BCUT2D eigenvalue weighted by molar-refractivity contribution is 5.87. The topological polar surface area (TPSA) is 57.4 Å². The summed E-state index contributed by atoms with van der Waals surface area (Å²) in [6, 6.07) is 11.4. The van der Waals surface area contributed by atoms with E-state index in [4.69, 9.17) is 15.2 Å². The zero-order valence-electron chi connectivity index (χ0n) is 12.9. The lowest BCUT2D eigenvalue weighted by Crippen LogP contribution is -1.94. The van der Waals surface area contributed by atoms with Crippen molar-refractivity contribution in [3.8, 4) is 17.2 Å². The molecule has 0 aliphatic carbocycles. The predicted octanol–water partition coefficient (Wildman–Crippen LogP) is 4.23. The molecule has 0 saturated carbocycles. The van der Waals surface area contributed by atoms with Crippen LogP contribution in [0.2, 0.25) is 0 Å². The number of ether oxygens (including phenoxy) is 2. The molecule has 4 nitrogen and oxygen atoms in total. The normalized spacial score (nSPS) is 10.7. The van der Waals surface area contributed by atoms with Crippen LogP contribution >= 0.6 is 0 Å². The van der Waals surface area contributed by atoms with Crippen LogP contribution in [0.1, 0.15) is 11.1 Å². The Bertz CT molecular complexity index is 844. The van der Waals surface area contributed by atoms with Gasteiger partial charge < -0.3 is 15.2 Å². The highest BCUT2D eigenvalue weighted by atomic mass is 16.5. The second-order valence-electron chi connectivity index (χ2n) is 5.28. The molecule has 0 saturated heterocycles. The van der Waals surface area contributed by atoms with Gasteiger partial charge in [0.25, 0.3) is 0 Å². The van der Waals surface area contributed by atoms with Crippen molar-refractivity contribution in [2.75, 3.05) is 12.8 Å². The molecule has 0 radical (unpaired) electrons. The van der Waals surface area contributed by atoms with Gasteiger partial charge in [-0.2, -0.15) is 0 Å². The molecule has 112 valence electrons. The Hall–Kier alpha value is -2.75. The van der Waals surface area contributed by atoms with Crippen molar-refractivity contribution in [1.82, 2.24) is 4.98 Å². The van der Waals surface area contributed by atoms with E-state index in [2.05, 4.69) is 4.98 Å². The third-order valence-electron chi connectivity index (χ3n) is 3.65. The number of nitrogens with zero attached hydrogens (tertiary/aromatic N) is 1. The van der Waals surface area contributed by atoms with E-state index in [1.54, 1.807) is 13.3 Å². The maximum Gasteiger partial charge on any atom is 0.138 e. The van der Waals surface area contributed by atoms with E-state index in [1.807, 2.05) is 50.2 Å². The first kappa shape index (κ1) is 14.2. The minimum absolute atomic E-state index is 0.674. The summed E-state index contributed by atoms with van der Waals surface area (Å²) in [4.78, 5) is 4.40. The van der Waals surface area contributed by atoms with Crippen molar-refractivity contribution in [3.05, 3.63) is 53.7 Å². The fourth-order valence-corrected chi connectivity index (χ4v) is 2.41. The molecule has 3 rings (SSSR count). The number of benzene rings is 2. The minimum Gasteiger partial charge on any atom is -0.496 e. The standard InChI is InChI=1S/C18H18N2O2/c1-11-4-5-13(19)9-18(11)22-16-6-7-20-15-8-12(2)17(21-3)10-14(15)16/h4-10H,19H2,1-3H3. The largest absolute Gasteiger partial charge is 0.496 e. The van der Waals surface area contributed by atoms with E-state index >= 15 is 0 Å². The van der Waals surface area contributed by atoms with Gasteiger partial charge in [-0.3, -0.25) is 4.98 Å². The van der Waals surface area contributed by atoms with E-state index in [0.29, 0.717) is 5.69 Å². The SMILES string of the molecule is COc1cc2c(Oc3cc(N)ccc3C)ccnc2cc1C. The molecule has 2 N–H and O–H groups in total. The van der Waals surface area contributed by atoms with Gasteiger partial charge in [-0.25, -0.2) is 0 Å². The zero-order valence-corrected chi connectivity index (χ0v) is 12.9. The fraction of sp³-hybridized carbons (Fsp3) is 0.167. The van der Waals surface area contributed by atoms with Gasteiger partial charge in [0.15, 0.2) is 0 Å². The van der Waals surface area contributed by atoms with Crippen LogP contribution in [0, 0.1) is 13.8 Å². The van der Waals surface area contributed by atoms with Crippen molar-refractivity contribution in [1.29, 1.82) is 0 Å². The maximum absolute atomic E-state index is 6.07. The number of aryl methyl sites for hydroxylation is 2. The van der Waals surface area contributed by atoms with Gasteiger partial charge in [-0.05, 0) is 49.2 Å². The molecule has 1 heterocycles. The average molecular weight is 294 g/mol. The van der Waals surface area contributed by atoms with Crippen molar-refractivity contribution in [3.63, 3.8) is 0 Å². The van der Waals surface area contributed by atoms with Crippen molar-refractivity contribution >= 4 is 16.6 Å². The number of fused-ring (bicyclic) bond motifs is 1. The number of rotatable bonds is 3. The maximum atomic E-state index is 6.07. The first-order valence-electron chi connectivity index (χ1n) is 7.06. The van der Waals surface area contributed by atoms with Gasteiger partial charge in [0.1, 0.15) is 17.2 Å². The smallest absolute Gasteiger partial charge is 0.138 e. The van der Waals surface area contributed by atoms with Crippen LogP contribution in [-0.4, -0.2) is 12.1 Å². The fourth-order valence-electron chi connectivity index (χ4n) is 2.41. The second kappa shape index (κ2) is 5.56. The molecule has 0 spiro atoms. The first-order chi connectivity index (χ1) is 10.6. The summed E-state index contributed by atoms with van der Waals surface area (Å²) in [5.41, 5.74) is 9.46. The van der Waals surface area contributed by atoms with E-state index < -0.39 is 0 Å². The number of anilines is 1. The molecule has 22 heavy (non-hydrogen) atoms. The van der Waals surface area contributed by atoms with Gasteiger partial charge >= 0.3 is 0 Å². The van der Waals surface area contributed by atoms with Gasteiger partial charge in [0.05, 0.1) is 12.6 Å². The Kier molecular flexibility index (Phi) is 3.59. The third-order valence-corrected chi connectivity index (χ3v) is 3.65. The molecule has 0 aliphatic heterocycles. The number of hydrogen-bond acceptors (Lipinski definition) is 4. The lowest BCUT2D eigenvalue weighted by molar-refractivity contribution is 0.412. The van der Waals surface area contributed by atoms with Crippen LogP contribution in [0.15, 0.2) is 42.6 Å². The highest BCUT2D eigenvalue weighted by Gasteiger charge is 2.10. The third kappa shape index (κ3) is 2.55. The Morgan fingerprint density at radius 2 is 1.73 bits per heavy atom. The molecule has 0 bridgehead atoms. The molecule has 0 aliphatic rings. The average Bonchev–Trinajstić information content (AvgIpc) is 2.50. The molecular formula is C18H18N2O2. The lowest BCUT2D eigenvalue weighted by atomic mass is 10.1. The van der Waals surface area contributed by atoms with Gasteiger partial charge in [-0.15, -0.1) is 0 Å². The first-order valence-corrected chi connectivity index (χ1v) is 7.06. The Morgan fingerprint density at radius 3 is 2.50 bits per heavy atom. The van der Waals surface area contributed by atoms with E-state index in [0.717, 1.165) is 39.3 Å². The van der Waals surface area contributed by atoms with Gasteiger partial charge in [0.2, 0.25) is 0 Å². The van der Waals surface area contributed by atoms with Crippen LogP contribution in [0.25, 0.3) is 10.9 Å². The number of aromatic nitrogens is 1. The number of nitrogens with two attached hydrogens (primary N) is 1. The van der Waals surface area contributed by atoms with E-state index in [9.17, 15) is 0 Å². The molecule has 1 aromatic heterocycles. The van der Waals surface area contributed by atoms with Crippen LogP contribution in [0.4, 0.5) is 5.69 Å².